The third-order valence-corrected chi connectivity index (χ3v) is 3.49. The Balaban J connectivity index is 0.000000180. The summed E-state index contributed by atoms with van der Waals surface area (Å²) in [6, 6.07) is 7.95. The highest BCUT2D eigenvalue weighted by Crippen LogP contribution is 2.14. The highest BCUT2D eigenvalue weighted by Gasteiger charge is 1.94. The van der Waals surface area contributed by atoms with Crippen LogP contribution < -0.4 is 11.1 Å². The molecule has 1 saturated heterocycles. The molecule has 0 aliphatic carbocycles. The molecule has 18 heavy (non-hydrogen) atoms. The van der Waals surface area contributed by atoms with Crippen molar-refractivity contribution in [3.8, 4) is 0 Å². The van der Waals surface area contributed by atoms with Crippen molar-refractivity contribution in [2.45, 2.75) is 25.8 Å². The SMILES string of the molecule is C1CCOCCCNC1.NCc1ccccc1Br. The van der Waals surface area contributed by atoms with E-state index in [1.165, 1.54) is 25.8 Å². The van der Waals surface area contributed by atoms with Gasteiger partial charge in [0.25, 0.3) is 0 Å². The van der Waals surface area contributed by atoms with Crippen LogP contribution in [0, 0.1) is 0 Å². The first kappa shape index (κ1) is 15.6. The molecule has 1 fully saturated rings. The van der Waals surface area contributed by atoms with E-state index in [2.05, 4.69) is 21.2 Å². The van der Waals surface area contributed by atoms with E-state index in [1.807, 2.05) is 24.3 Å². The van der Waals surface area contributed by atoms with E-state index in [1.54, 1.807) is 0 Å². The number of nitrogens with one attached hydrogen (secondary N) is 1. The first-order valence-corrected chi connectivity index (χ1v) is 7.36. The fraction of sp³-hybridized carbons (Fsp3) is 0.571. The predicted molar refractivity (Wildman–Crippen MR) is 79.6 cm³/mol. The van der Waals surface area contributed by atoms with Crippen LogP contribution in [-0.2, 0) is 11.3 Å². The van der Waals surface area contributed by atoms with Crippen molar-refractivity contribution >= 4 is 15.9 Å². The molecule has 0 bridgehead atoms. The van der Waals surface area contributed by atoms with Gasteiger partial charge >= 0.3 is 0 Å². The van der Waals surface area contributed by atoms with Crippen molar-refractivity contribution in [2.24, 2.45) is 5.73 Å². The lowest BCUT2D eigenvalue weighted by Crippen LogP contribution is -2.16. The number of rotatable bonds is 1. The van der Waals surface area contributed by atoms with E-state index in [4.69, 9.17) is 10.5 Å². The Labute approximate surface area is 118 Å². The zero-order valence-corrected chi connectivity index (χ0v) is 12.4. The van der Waals surface area contributed by atoms with Crippen LogP contribution in [0.4, 0.5) is 0 Å². The summed E-state index contributed by atoms with van der Waals surface area (Å²) in [6.07, 6.45) is 3.65. The van der Waals surface area contributed by atoms with Gasteiger partial charge in [0.1, 0.15) is 0 Å². The maximum atomic E-state index is 5.42. The van der Waals surface area contributed by atoms with Crippen molar-refractivity contribution in [2.75, 3.05) is 26.3 Å². The molecule has 1 aliphatic heterocycles. The van der Waals surface area contributed by atoms with Crippen LogP contribution >= 0.6 is 15.9 Å². The number of hydrogen-bond acceptors (Lipinski definition) is 3. The van der Waals surface area contributed by atoms with Crippen LogP contribution in [0.25, 0.3) is 0 Å². The van der Waals surface area contributed by atoms with Crippen molar-refractivity contribution in [3.05, 3.63) is 34.3 Å². The predicted octanol–water partition coefficient (Wildman–Crippen LogP) is 2.68. The second-order valence-corrected chi connectivity index (χ2v) is 5.07. The third-order valence-electron chi connectivity index (χ3n) is 2.71. The van der Waals surface area contributed by atoms with Gasteiger partial charge < -0.3 is 15.8 Å². The van der Waals surface area contributed by atoms with Gasteiger partial charge in [-0.25, -0.2) is 0 Å². The molecule has 1 aromatic carbocycles. The van der Waals surface area contributed by atoms with Crippen LogP contribution in [0.3, 0.4) is 0 Å². The number of nitrogens with two attached hydrogens (primary N) is 1. The summed E-state index contributed by atoms with van der Waals surface area (Å²) < 4.78 is 6.40. The minimum atomic E-state index is 0.599. The summed E-state index contributed by atoms with van der Waals surface area (Å²) in [5.74, 6) is 0. The molecule has 0 spiro atoms. The molecule has 1 aliphatic rings. The lowest BCUT2D eigenvalue weighted by Gasteiger charge is -1.98. The van der Waals surface area contributed by atoms with Crippen molar-refractivity contribution in [1.29, 1.82) is 0 Å². The fourth-order valence-electron chi connectivity index (χ4n) is 1.64. The molecule has 1 aromatic rings. The van der Waals surface area contributed by atoms with Gasteiger partial charge in [0.2, 0.25) is 0 Å². The van der Waals surface area contributed by atoms with Crippen LogP contribution in [0.2, 0.25) is 0 Å². The molecule has 3 N–H and O–H groups in total. The molecule has 0 aromatic heterocycles. The Kier molecular flexibility index (Phi) is 9.12. The average molecular weight is 315 g/mol. The van der Waals surface area contributed by atoms with E-state index in [-0.39, 0.29) is 0 Å². The van der Waals surface area contributed by atoms with E-state index < -0.39 is 0 Å². The second kappa shape index (κ2) is 10.5. The monoisotopic (exact) mass is 314 g/mol. The molecule has 0 saturated carbocycles. The maximum Gasteiger partial charge on any atom is 0.0478 e. The van der Waals surface area contributed by atoms with Crippen LogP contribution in [-0.4, -0.2) is 26.3 Å². The quantitative estimate of drug-likeness (QED) is 0.838. The standard InChI is InChI=1S/C7H8BrN.C7H15NO/c8-7-4-2-1-3-6(7)5-9;1-2-6-9-7-3-5-8-4-1/h1-4H,5,9H2;8H,1-7H2. The molecule has 0 atom stereocenters. The number of benzene rings is 1. The molecule has 0 unspecified atom stereocenters. The molecule has 0 amide bonds. The summed E-state index contributed by atoms with van der Waals surface area (Å²) in [7, 11) is 0. The Morgan fingerprint density at radius 3 is 2.56 bits per heavy atom. The number of ether oxygens (including phenoxy) is 1. The Morgan fingerprint density at radius 2 is 1.83 bits per heavy atom. The summed E-state index contributed by atoms with van der Waals surface area (Å²) >= 11 is 3.38. The normalized spacial score (nSPS) is 16.8. The van der Waals surface area contributed by atoms with Crippen molar-refractivity contribution in [3.63, 3.8) is 0 Å². The van der Waals surface area contributed by atoms with Gasteiger partial charge in [-0.2, -0.15) is 0 Å². The maximum absolute atomic E-state index is 5.42. The topological polar surface area (TPSA) is 47.3 Å². The largest absolute Gasteiger partial charge is 0.381 e. The molecule has 0 radical (unpaired) electrons. The second-order valence-electron chi connectivity index (χ2n) is 4.22. The Morgan fingerprint density at radius 1 is 1.11 bits per heavy atom. The Hall–Kier alpha value is -0.420. The average Bonchev–Trinajstić information content (AvgIpc) is 2.55. The Bertz CT molecular complexity index is 292. The molecule has 3 nitrogen and oxygen atoms in total. The van der Waals surface area contributed by atoms with Crippen LogP contribution in [0.5, 0.6) is 0 Å². The van der Waals surface area contributed by atoms with E-state index in [0.29, 0.717) is 6.54 Å². The van der Waals surface area contributed by atoms with Crippen molar-refractivity contribution < 1.29 is 4.74 Å². The lowest BCUT2D eigenvalue weighted by molar-refractivity contribution is 0.133. The summed E-state index contributed by atoms with van der Waals surface area (Å²) in [5, 5.41) is 3.35. The minimum absolute atomic E-state index is 0.599. The summed E-state index contributed by atoms with van der Waals surface area (Å²) in [5.41, 5.74) is 6.57. The van der Waals surface area contributed by atoms with Gasteiger partial charge in [-0.15, -0.1) is 0 Å². The summed E-state index contributed by atoms with van der Waals surface area (Å²) in [6.45, 7) is 4.79. The van der Waals surface area contributed by atoms with Gasteiger partial charge in [0.05, 0.1) is 0 Å². The van der Waals surface area contributed by atoms with Gasteiger partial charge in [0.15, 0.2) is 0 Å². The van der Waals surface area contributed by atoms with Crippen LogP contribution in [0.15, 0.2) is 28.7 Å². The highest BCUT2D eigenvalue weighted by atomic mass is 79.9. The van der Waals surface area contributed by atoms with Gasteiger partial charge in [-0.05, 0) is 44.0 Å². The fourth-order valence-corrected chi connectivity index (χ4v) is 2.09. The van der Waals surface area contributed by atoms with E-state index >= 15 is 0 Å². The zero-order valence-electron chi connectivity index (χ0n) is 10.8. The van der Waals surface area contributed by atoms with E-state index in [9.17, 15) is 0 Å². The van der Waals surface area contributed by atoms with E-state index in [0.717, 1.165) is 29.8 Å². The smallest absolute Gasteiger partial charge is 0.0478 e. The number of halogens is 1. The molecule has 102 valence electrons. The molecular formula is C14H23BrN2O. The minimum Gasteiger partial charge on any atom is -0.381 e. The molecule has 1 heterocycles. The van der Waals surface area contributed by atoms with Gasteiger partial charge in [0, 0.05) is 24.2 Å². The zero-order chi connectivity index (χ0) is 13.1. The molecular weight excluding hydrogens is 292 g/mol. The first-order chi connectivity index (χ1) is 8.84. The summed E-state index contributed by atoms with van der Waals surface area (Å²) in [4.78, 5) is 0. The van der Waals surface area contributed by atoms with Gasteiger partial charge in [-0.3, -0.25) is 0 Å². The van der Waals surface area contributed by atoms with Gasteiger partial charge in [-0.1, -0.05) is 34.1 Å². The third kappa shape index (κ3) is 7.11. The van der Waals surface area contributed by atoms with Crippen molar-refractivity contribution in [1.82, 2.24) is 5.32 Å². The lowest BCUT2D eigenvalue weighted by atomic mass is 10.2. The molecule has 4 heteroatoms. The first-order valence-electron chi connectivity index (χ1n) is 6.56. The number of hydrogen-bond donors (Lipinski definition) is 2. The molecule has 2 rings (SSSR count). The highest BCUT2D eigenvalue weighted by molar-refractivity contribution is 9.10. The van der Waals surface area contributed by atoms with Crippen LogP contribution in [0.1, 0.15) is 24.8 Å².